The molecule has 1 aromatic carbocycles. The summed E-state index contributed by atoms with van der Waals surface area (Å²) in [6, 6.07) is 5.50. The second-order valence-electron chi connectivity index (χ2n) is 2.57. The Morgan fingerprint density at radius 3 is 2.85 bits per heavy atom. The molecule has 0 radical (unpaired) electrons. The molecule has 72 valence electrons. The van der Waals surface area contributed by atoms with Crippen LogP contribution >= 0.6 is 35.0 Å². The lowest BCUT2D eigenvalue weighted by molar-refractivity contribution is 1.11. The number of anilines is 1. The van der Waals surface area contributed by atoms with E-state index in [-0.39, 0.29) is 0 Å². The molecule has 13 heavy (non-hydrogen) atoms. The number of nitrogens with two attached hydrogens (primary N) is 1. The van der Waals surface area contributed by atoms with E-state index in [0.717, 1.165) is 27.8 Å². The fourth-order valence-electron chi connectivity index (χ4n) is 0.870. The van der Waals surface area contributed by atoms with E-state index in [4.69, 9.17) is 28.9 Å². The Bertz CT molecular complexity index is 278. The van der Waals surface area contributed by atoms with Gasteiger partial charge in [0.2, 0.25) is 0 Å². The van der Waals surface area contributed by atoms with E-state index < -0.39 is 0 Å². The fraction of sp³-hybridized carbons (Fsp3) is 0.333. The molecular weight excluding hydrogens is 225 g/mol. The van der Waals surface area contributed by atoms with Crippen LogP contribution in [-0.2, 0) is 0 Å². The van der Waals surface area contributed by atoms with Gasteiger partial charge >= 0.3 is 0 Å². The lowest BCUT2D eigenvalue weighted by Gasteiger charge is -2.04. The van der Waals surface area contributed by atoms with Crippen LogP contribution < -0.4 is 5.73 Å². The van der Waals surface area contributed by atoms with Gasteiger partial charge in [-0.05, 0) is 30.4 Å². The molecule has 0 bridgehead atoms. The van der Waals surface area contributed by atoms with E-state index in [2.05, 4.69) is 0 Å². The zero-order valence-corrected chi connectivity index (χ0v) is 9.42. The standard InChI is InChI=1S/C9H11Cl2NS/c10-4-1-5-13-9-6-7(11)2-3-8(9)12/h2-3,6H,1,4-5,12H2. The first-order valence-electron chi connectivity index (χ1n) is 3.98. The van der Waals surface area contributed by atoms with Crippen molar-refractivity contribution in [2.75, 3.05) is 17.4 Å². The molecule has 4 heteroatoms. The van der Waals surface area contributed by atoms with Crippen molar-refractivity contribution < 1.29 is 0 Å². The van der Waals surface area contributed by atoms with Gasteiger partial charge in [0.25, 0.3) is 0 Å². The molecule has 0 aliphatic carbocycles. The number of benzene rings is 1. The van der Waals surface area contributed by atoms with E-state index in [0.29, 0.717) is 5.88 Å². The Labute approximate surface area is 92.6 Å². The van der Waals surface area contributed by atoms with E-state index in [1.165, 1.54) is 0 Å². The second kappa shape index (κ2) is 5.63. The molecule has 0 saturated heterocycles. The highest BCUT2D eigenvalue weighted by molar-refractivity contribution is 7.99. The van der Waals surface area contributed by atoms with Gasteiger partial charge in [0.15, 0.2) is 0 Å². The summed E-state index contributed by atoms with van der Waals surface area (Å²) < 4.78 is 0. The number of halogens is 2. The van der Waals surface area contributed by atoms with Crippen LogP contribution in [0.25, 0.3) is 0 Å². The molecule has 0 aliphatic rings. The summed E-state index contributed by atoms with van der Waals surface area (Å²) in [7, 11) is 0. The van der Waals surface area contributed by atoms with E-state index >= 15 is 0 Å². The normalized spacial score (nSPS) is 10.3. The molecule has 0 spiro atoms. The quantitative estimate of drug-likeness (QED) is 0.374. The Kier molecular flexibility index (Phi) is 4.78. The van der Waals surface area contributed by atoms with Gasteiger partial charge < -0.3 is 5.73 Å². The highest BCUT2D eigenvalue weighted by Crippen LogP contribution is 2.28. The minimum atomic E-state index is 0.688. The van der Waals surface area contributed by atoms with Crippen molar-refractivity contribution in [2.24, 2.45) is 0 Å². The molecule has 2 N–H and O–H groups in total. The van der Waals surface area contributed by atoms with Crippen molar-refractivity contribution in [1.29, 1.82) is 0 Å². The zero-order chi connectivity index (χ0) is 9.68. The van der Waals surface area contributed by atoms with Crippen molar-refractivity contribution in [3.05, 3.63) is 23.2 Å². The smallest absolute Gasteiger partial charge is 0.0453 e. The lowest BCUT2D eigenvalue weighted by atomic mass is 10.3. The van der Waals surface area contributed by atoms with Gasteiger partial charge in [-0.25, -0.2) is 0 Å². The number of hydrogen-bond acceptors (Lipinski definition) is 2. The average molecular weight is 236 g/mol. The highest BCUT2D eigenvalue weighted by Gasteiger charge is 2.00. The molecule has 1 aromatic rings. The van der Waals surface area contributed by atoms with Crippen molar-refractivity contribution in [3.8, 4) is 0 Å². The number of nitrogen functional groups attached to an aromatic ring is 1. The summed E-state index contributed by atoms with van der Waals surface area (Å²) in [5.74, 6) is 1.67. The number of hydrogen-bond donors (Lipinski definition) is 1. The van der Waals surface area contributed by atoms with Gasteiger partial charge in [0.05, 0.1) is 0 Å². The summed E-state index contributed by atoms with van der Waals surface area (Å²) >= 11 is 13.1. The third kappa shape index (κ3) is 3.67. The Morgan fingerprint density at radius 1 is 1.38 bits per heavy atom. The monoisotopic (exact) mass is 235 g/mol. The Hall–Kier alpha value is -0.0500. The minimum Gasteiger partial charge on any atom is -0.398 e. The summed E-state index contributed by atoms with van der Waals surface area (Å²) in [5, 5.41) is 0.725. The first kappa shape index (κ1) is 11.0. The lowest BCUT2D eigenvalue weighted by Crippen LogP contribution is -1.89. The van der Waals surface area contributed by atoms with E-state index in [1.54, 1.807) is 17.8 Å². The van der Waals surface area contributed by atoms with Crippen LogP contribution in [0.2, 0.25) is 5.02 Å². The number of rotatable bonds is 4. The molecule has 0 heterocycles. The average Bonchev–Trinajstić information content (AvgIpc) is 2.11. The van der Waals surface area contributed by atoms with Crippen LogP contribution in [0, 0.1) is 0 Å². The van der Waals surface area contributed by atoms with Crippen molar-refractivity contribution in [2.45, 2.75) is 11.3 Å². The van der Waals surface area contributed by atoms with Crippen LogP contribution in [-0.4, -0.2) is 11.6 Å². The van der Waals surface area contributed by atoms with Gasteiger partial charge in [-0.1, -0.05) is 11.6 Å². The first-order chi connectivity index (χ1) is 6.24. The third-order valence-electron chi connectivity index (χ3n) is 1.51. The molecule has 0 atom stereocenters. The zero-order valence-electron chi connectivity index (χ0n) is 7.09. The van der Waals surface area contributed by atoms with Crippen molar-refractivity contribution in [1.82, 2.24) is 0 Å². The molecule has 0 aliphatic heterocycles. The van der Waals surface area contributed by atoms with Crippen molar-refractivity contribution >= 4 is 40.7 Å². The second-order valence-corrected chi connectivity index (χ2v) is 4.52. The topological polar surface area (TPSA) is 26.0 Å². The van der Waals surface area contributed by atoms with Gasteiger partial charge in [-0.15, -0.1) is 23.4 Å². The predicted octanol–water partition coefficient (Wildman–Crippen LogP) is 3.64. The van der Waals surface area contributed by atoms with Gasteiger partial charge in [0.1, 0.15) is 0 Å². The number of thioether (sulfide) groups is 1. The Morgan fingerprint density at radius 2 is 2.15 bits per heavy atom. The maximum atomic E-state index is 5.83. The molecule has 1 rings (SSSR count). The van der Waals surface area contributed by atoms with Crippen LogP contribution in [0.3, 0.4) is 0 Å². The fourth-order valence-corrected chi connectivity index (χ4v) is 2.35. The first-order valence-corrected chi connectivity index (χ1v) is 5.87. The van der Waals surface area contributed by atoms with E-state index in [9.17, 15) is 0 Å². The van der Waals surface area contributed by atoms with Crippen molar-refractivity contribution in [3.63, 3.8) is 0 Å². The van der Waals surface area contributed by atoms with Crippen LogP contribution in [0.15, 0.2) is 23.1 Å². The van der Waals surface area contributed by atoms with Gasteiger partial charge in [-0.2, -0.15) is 0 Å². The molecule has 0 aromatic heterocycles. The number of alkyl halides is 1. The molecule has 0 amide bonds. The van der Waals surface area contributed by atoms with Gasteiger partial charge in [-0.3, -0.25) is 0 Å². The van der Waals surface area contributed by atoms with E-state index in [1.807, 2.05) is 12.1 Å². The third-order valence-corrected chi connectivity index (χ3v) is 3.17. The van der Waals surface area contributed by atoms with Gasteiger partial charge in [0, 0.05) is 21.5 Å². The maximum absolute atomic E-state index is 5.83. The minimum absolute atomic E-state index is 0.688. The molecule has 0 unspecified atom stereocenters. The summed E-state index contributed by atoms with van der Waals surface area (Å²) in [4.78, 5) is 1.04. The molecule has 0 saturated carbocycles. The molecule has 1 nitrogen and oxygen atoms in total. The largest absolute Gasteiger partial charge is 0.398 e. The van der Waals surface area contributed by atoms with Crippen LogP contribution in [0.4, 0.5) is 5.69 Å². The highest BCUT2D eigenvalue weighted by atomic mass is 35.5. The maximum Gasteiger partial charge on any atom is 0.0453 e. The molecule has 0 fully saturated rings. The van der Waals surface area contributed by atoms with Crippen LogP contribution in [0.5, 0.6) is 0 Å². The SMILES string of the molecule is Nc1ccc(Cl)cc1SCCCCl. The summed E-state index contributed by atoms with van der Waals surface area (Å²) in [5.41, 5.74) is 6.54. The Balaban J connectivity index is 2.59. The predicted molar refractivity (Wildman–Crippen MR) is 61.9 cm³/mol. The molecular formula is C9H11Cl2NS. The summed E-state index contributed by atoms with van der Waals surface area (Å²) in [6.45, 7) is 0. The summed E-state index contributed by atoms with van der Waals surface area (Å²) in [6.07, 6.45) is 0.984. The van der Waals surface area contributed by atoms with Crippen LogP contribution in [0.1, 0.15) is 6.42 Å².